The van der Waals surface area contributed by atoms with Gasteiger partial charge in [-0.1, -0.05) is 24.3 Å². The van der Waals surface area contributed by atoms with Crippen molar-refractivity contribution in [2.24, 2.45) is 0 Å². The van der Waals surface area contributed by atoms with Gasteiger partial charge in [-0.2, -0.15) is 0 Å². The van der Waals surface area contributed by atoms with Crippen LogP contribution in [-0.2, 0) is 4.74 Å². The molecule has 0 atom stereocenters. The minimum Gasteiger partial charge on any atom is -0.465 e. The van der Waals surface area contributed by atoms with Crippen molar-refractivity contribution in [2.75, 3.05) is 7.11 Å². The van der Waals surface area contributed by atoms with Gasteiger partial charge in [0.15, 0.2) is 0 Å². The minimum atomic E-state index is -0.381. The largest absolute Gasteiger partial charge is 0.465 e. The van der Waals surface area contributed by atoms with E-state index in [-0.39, 0.29) is 17.4 Å². The van der Waals surface area contributed by atoms with Gasteiger partial charge in [0, 0.05) is 11.1 Å². The fraction of sp³-hybridized carbons (Fsp3) is 0.263. The van der Waals surface area contributed by atoms with Crippen LogP contribution < -0.4 is 5.32 Å². The molecular weight excluding hydrogens is 290 g/mol. The van der Waals surface area contributed by atoms with Crippen molar-refractivity contribution in [1.29, 1.82) is 0 Å². The maximum Gasteiger partial charge on any atom is 0.337 e. The van der Waals surface area contributed by atoms with Crippen molar-refractivity contribution in [3.05, 3.63) is 59.7 Å². The summed E-state index contributed by atoms with van der Waals surface area (Å²) in [4.78, 5) is 23.9. The summed E-state index contributed by atoms with van der Waals surface area (Å²) < 4.78 is 4.74. The number of amides is 1. The zero-order chi connectivity index (χ0) is 17.0. The van der Waals surface area contributed by atoms with Crippen molar-refractivity contribution in [3.8, 4) is 11.1 Å². The van der Waals surface area contributed by atoms with E-state index in [2.05, 4.69) is 5.32 Å². The Balaban J connectivity index is 2.33. The highest BCUT2D eigenvalue weighted by Gasteiger charge is 2.15. The Bertz CT molecular complexity index is 729. The van der Waals surface area contributed by atoms with Crippen LogP contribution in [0.3, 0.4) is 0 Å². The molecule has 0 heterocycles. The molecule has 0 aliphatic heterocycles. The van der Waals surface area contributed by atoms with E-state index >= 15 is 0 Å². The lowest BCUT2D eigenvalue weighted by atomic mass is 10.00. The number of rotatable bonds is 3. The molecule has 0 aliphatic rings. The van der Waals surface area contributed by atoms with Gasteiger partial charge in [-0.25, -0.2) is 4.79 Å². The Labute approximate surface area is 136 Å². The van der Waals surface area contributed by atoms with Crippen molar-refractivity contribution in [2.45, 2.75) is 26.3 Å². The van der Waals surface area contributed by atoms with E-state index in [1.807, 2.05) is 45.0 Å². The molecule has 0 aliphatic carbocycles. The minimum absolute atomic E-state index is 0.122. The van der Waals surface area contributed by atoms with Gasteiger partial charge in [0.25, 0.3) is 5.91 Å². The molecule has 2 aromatic carbocycles. The molecule has 0 saturated heterocycles. The molecule has 1 amide bonds. The summed E-state index contributed by atoms with van der Waals surface area (Å²) in [6.07, 6.45) is 0. The molecule has 1 N–H and O–H groups in total. The molecule has 2 rings (SSSR count). The second kappa shape index (κ2) is 6.65. The van der Waals surface area contributed by atoms with Crippen LogP contribution in [0.2, 0.25) is 0 Å². The first kappa shape index (κ1) is 16.7. The Morgan fingerprint density at radius 3 is 1.96 bits per heavy atom. The maximum absolute atomic E-state index is 12.3. The average molecular weight is 311 g/mol. The fourth-order valence-electron chi connectivity index (χ4n) is 2.20. The molecule has 4 heteroatoms. The lowest BCUT2D eigenvalue weighted by Crippen LogP contribution is -2.40. The van der Waals surface area contributed by atoms with Gasteiger partial charge < -0.3 is 10.1 Å². The summed E-state index contributed by atoms with van der Waals surface area (Å²) in [6, 6.07) is 14.5. The third kappa shape index (κ3) is 4.42. The summed E-state index contributed by atoms with van der Waals surface area (Å²) in [5.41, 5.74) is 2.50. The highest BCUT2D eigenvalue weighted by Crippen LogP contribution is 2.22. The van der Waals surface area contributed by atoms with Crippen LogP contribution in [0.15, 0.2) is 48.5 Å². The predicted molar refractivity (Wildman–Crippen MR) is 90.4 cm³/mol. The van der Waals surface area contributed by atoms with Crippen LogP contribution in [0.1, 0.15) is 41.5 Å². The van der Waals surface area contributed by atoms with E-state index in [9.17, 15) is 9.59 Å². The van der Waals surface area contributed by atoms with E-state index in [1.54, 1.807) is 24.3 Å². The molecule has 0 spiro atoms. The smallest absolute Gasteiger partial charge is 0.337 e. The van der Waals surface area contributed by atoms with Crippen LogP contribution in [-0.4, -0.2) is 24.5 Å². The van der Waals surface area contributed by atoms with Crippen LogP contribution in [0.4, 0.5) is 0 Å². The molecule has 0 bridgehead atoms. The fourth-order valence-corrected chi connectivity index (χ4v) is 2.20. The second-order valence-corrected chi connectivity index (χ2v) is 6.36. The number of ether oxygens (including phenoxy) is 1. The number of nitrogens with one attached hydrogen (secondary N) is 1. The monoisotopic (exact) mass is 311 g/mol. The summed E-state index contributed by atoms with van der Waals surface area (Å²) in [5.74, 6) is -0.503. The third-order valence-corrected chi connectivity index (χ3v) is 3.23. The summed E-state index contributed by atoms with van der Waals surface area (Å²) in [7, 11) is 1.35. The zero-order valence-electron chi connectivity index (χ0n) is 13.8. The second-order valence-electron chi connectivity index (χ2n) is 6.36. The van der Waals surface area contributed by atoms with E-state index in [0.29, 0.717) is 11.1 Å². The van der Waals surface area contributed by atoms with E-state index < -0.39 is 0 Å². The molecule has 120 valence electrons. The first-order valence-corrected chi connectivity index (χ1v) is 7.41. The Kier molecular flexibility index (Phi) is 4.84. The van der Waals surface area contributed by atoms with Gasteiger partial charge >= 0.3 is 5.97 Å². The number of hydrogen-bond donors (Lipinski definition) is 1. The summed E-state index contributed by atoms with van der Waals surface area (Å²) in [5, 5.41) is 2.94. The number of carbonyl (C=O) groups is 2. The van der Waals surface area contributed by atoms with Gasteiger partial charge in [-0.15, -0.1) is 0 Å². The van der Waals surface area contributed by atoms with Crippen LogP contribution in [0.25, 0.3) is 11.1 Å². The topological polar surface area (TPSA) is 55.4 Å². The molecular formula is C19H21NO3. The molecule has 0 saturated carbocycles. The summed E-state index contributed by atoms with van der Waals surface area (Å²) in [6.45, 7) is 5.82. The third-order valence-electron chi connectivity index (χ3n) is 3.23. The molecule has 2 aromatic rings. The first-order chi connectivity index (χ1) is 10.8. The predicted octanol–water partition coefficient (Wildman–Crippen LogP) is 3.67. The zero-order valence-corrected chi connectivity index (χ0v) is 13.8. The normalized spacial score (nSPS) is 11.0. The lowest BCUT2D eigenvalue weighted by molar-refractivity contribution is 0.0600. The maximum atomic E-state index is 12.3. The van der Waals surface area contributed by atoms with Crippen molar-refractivity contribution in [1.82, 2.24) is 5.32 Å². The van der Waals surface area contributed by atoms with Gasteiger partial charge in [-0.05, 0) is 56.2 Å². The van der Waals surface area contributed by atoms with Crippen LogP contribution >= 0.6 is 0 Å². The molecule has 0 aromatic heterocycles. The highest BCUT2D eigenvalue weighted by atomic mass is 16.5. The summed E-state index contributed by atoms with van der Waals surface area (Å²) >= 11 is 0. The number of esters is 1. The standard InChI is InChI=1S/C19H21NO3/c1-19(2,3)20-17(21)15-9-5-7-13(11-15)14-8-6-10-16(12-14)18(22)23-4/h5-12H,1-4H3,(H,20,21). The number of methoxy groups -OCH3 is 1. The van der Waals surface area contributed by atoms with Gasteiger partial charge in [0.05, 0.1) is 12.7 Å². The molecule has 4 nitrogen and oxygen atoms in total. The highest BCUT2D eigenvalue weighted by molar-refractivity contribution is 5.96. The first-order valence-electron chi connectivity index (χ1n) is 7.41. The van der Waals surface area contributed by atoms with Crippen LogP contribution in [0, 0.1) is 0 Å². The number of carbonyl (C=O) groups excluding carboxylic acids is 2. The van der Waals surface area contributed by atoms with Gasteiger partial charge in [0.2, 0.25) is 0 Å². The number of hydrogen-bond acceptors (Lipinski definition) is 3. The van der Waals surface area contributed by atoms with E-state index in [0.717, 1.165) is 11.1 Å². The molecule has 0 fully saturated rings. The lowest BCUT2D eigenvalue weighted by Gasteiger charge is -2.20. The van der Waals surface area contributed by atoms with E-state index in [1.165, 1.54) is 7.11 Å². The SMILES string of the molecule is COC(=O)c1cccc(-c2cccc(C(=O)NC(C)(C)C)c2)c1. The average Bonchev–Trinajstić information content (AvgIpc) is 2.53. The van der Waals surface area contributed by atoms with Gasteiger partial charge in [-0.3, -0.25) is 4.79 Å². The number of benzene rings is 2. The Hall–Kier alpha value is -2.62. The molecule has 0 radical (unpaired) electrons. The Morgan fingerprint density at radius 2 is 1.43 bits per heavy atom. The van der Waals surface area contributed by atoms with Crippen molar-refractivity contribution in [3.63, 3.8) is 0 Å². The molecule has 23 heavy (non-hydrogen) atoms. The quantitative estimate of drug-likeness (QED) is 0.880. The van der Waals surface area contributed by atoms with Crippen molar-refractivity contribution < 1.29 is 14.3 Å². The van der Waals surface area contributed by atoms with Crippen molar-refractivity contribution >= 4 is 11.9 Å². The molecule has 0 unspecified atom stereocenters. The van der Waals surface area contributed by atoms with Gasteiger partial charge in [0.1, 0.15) is 0 Å². The Morgan fingerprint density at radius 1 is 0.913 bits per heavy atom. The van der Waals surface area contributed by atoms with Crippen LogP contribution in [0.5, 0.6) is 0 Å². The van der Waals surface area contributed by atoms with E-state index in [4.69, 9.17) is 4.74 Å².